The van der Waals surface area contributed by atoms with Gasteiger partial charge in [-0.25, -0.2) is 4.98 Å². The summed E-state index contributed by atoms with van der Waals surface area (Å²) in [7, 11) is 0. The molecule has 2 rings (SSSR count). The molecule has 0 atom stereocenters. The molecule has 3 N–H and O–H groups in total. The Kier molecular flexibility index (Phi) is 2.79. The number of phenols is 1. The molecule has 2 aromatic rings. The standard InChI is InChI=1S/C12H9N3O2/c13-6-8-4-5-11(15-7-8)17-10-3-1-2-9(16)12(10)14/h1-5,7,16H,14H2. The maximum Gasteiger partial charge on any atom is 0.219 e. The number of rotatable bonds is 2. The molecule has 1 heterocycles. The van der Waals surface area contributed by atoms with Gasteiger partial charge in [0, 0.05) is 12.3 Å². The average Bonchev–Trinajstić information content (AvgIpc) is 2.36. The number of ether oxygens (including phenoxy) is 1. The molecular formula is C12H9N3O2. The normalized spacial score (nSPS) is 9.59. The molecule has 0 aliphatic heterocycles. The Morgan fingerprint density at radius 3 is 2.76 bits per heavy atom. The minimum atomic E-state index is -0.0452. The highest BCUT2D eigenvalue weighted by atomic mass is 16.5. The lowest BCUT2D eigenvalue weighted by Gasteiger charge is -2.08. The van der Waals surface area contributed by atoms with Crippen molar-refractivity contribution in [2.45, 2.75) is 0 Å². The largest absolute Gasteiger partial charge is 0.506 e. The number of pyridine rings is 1. The molecule has 84 valence electrons. The predicted octanol–water partition coefficient (Wildman–Crippen LogP) is 2.03. The highest BCUT2D eigenvalue weighted by molar-refractivity contribution is 5.62. The molecule has 0 fully saturated rings. The van der Waals surface area contributed by atoms with Gasteiger partial charge >= 0.3 is 0 Å². The summed E-state index contributed by atoms with van der Waals surface area (Å²) in [5.41, 5.74) is 6.23. The zero-order chi connectivity index (χ0) is 12.3. The second-order valence-corrected chi connectivity index (χ2v) is 3.29. The van der Waals surface area contributed by atoms with E-state index < -0.39 is 0 Å². The number of phenolic OH excluding ortho intramolecular Hbond substituents is 1. The van der Waals surface area contributed by atoms with Gasteiger partial charge in [-0.3, -0.25) is 0 Å². The van der Waals surface area contributed by atoms with E-state index in [0.717, 1.165) is 0 Å². The summed E-state index contributed by atoms with van der Waals surface area (Å²) >= 11 is 0. The van der Waals surface area contributed by atoms with E-state index in [2.05, 4.69) is 4.98 Å². The van der Waals surface area contributed by atoms with Gasteiger partial charge in [-0.1, -0.05) is 6.07 Å². The fraction of sp³-hybridized carbons (Fsp3) is 0. The molecule has 0 bridgehead atoms. The van der Waals surface area contributed by atoms with Crippen molar-refractivity contribution in [3.8, 4) is 23.4 Å². The highest BCUT2D eigenvalue weighted by Crippen LogP contribution is 2.32. The fourth-order valence-corrected chi connectivity index (χ4v) is 1.24. The van der Waals surface area contributed by atoms with Crippen molar-refractivity contribution in [2.24, 2.45) is 0 Å². The number of para-hydroxylation sites is 1. The van der Waals surface area contributed by atoms with E-state index in [1.165, 1.54) is 12.3 Å². The summed E-state index contributed by atoms with van der Waals surface area (Å²) in [5.74, 6) is 0.583. The van der Waals surface area contributed by atoms with Crippen LogP contribution < -0.4 is 10.5 Å². The Labute approximate surface area is 97.7 Å². The predicted molar refractivity (Wildman–Crippen MR) is 61.5 cm³/mol. The van der Waals surface area contributed by atoms with Gasteiger partial charge < -0.3 is 15.6 Å². The lowest BCUT2D eigenvalue weighted by atomic mass is 10.3. The smallest absolute Gasteiger partial charge is 0.219 e. The van der Waals surface area contributed by atoms with E-state index in [9.17, 15) is 5.11 Å². The molecule has 0 aliphatic rings. The maximum atomic E-state index is 9.39. The molecule has 0 unspecified atom stereocenters. The monoisotopic (exact) mass is 227 g/mol. The zero-order valence-corrected chi connectivity index (χ0v) is 8.79. The molecule has 1 aromatic carbocycles. The van der Waals surface area contributed by atoms with Crippen LogP contribution in [0.25, 0.3) is 0 Å². The molecular weight excluding hydrogens is 218 g/mol. The molecule has 5 heteroatoms. The first-order valence-corrected chi connectivity index (χ1v) is 4.82. The third kappa shape index (κ3) is 2.26. The number of nitrogen functional groups attached to an aromatic ring is 1. The molecule has 0 saturated heterocycles. The summed E-state index contributed by atoms with van der Waals surface area (Å²) < 4.78 is 5.38. The number of nitriles is 1. The van der Waals surface area contributed by atoms with E-state index in [0.29, 0.717) is 17.2 Å². The number of nitrogens with zero attached hydrogens (tertiary/aromatic N) is 2. The van der Waals surface area contributed by atoms with Crippen molar-refractivity contribution in [1.29, 1.82) is 5.26 Å². The van der Waals surface area contributed by atoms with Crippen LogP contribution in [-0.4, -0.2) is 10.1 Å². The first-order chi connectivity index (χ1) is 8.20. The van der Waals surface area contributed by atoms with Crippen LogP contribution >= 0.6 is 0 Å². The van der Waals surface area contributed by atoms with E-state index in [4.69, 9.17) is 15.7 Å². The Hall–Kier alpha value is -2.74. The highest BCUT2D eigenvalue weighted by Gasteiger charge is 2.06. The van der Waals surface area contributed by atoms with Crippen LogP contribution in [0, 0.1) is 11.3 Å². The van der Waals surface area contributed by atoms with Gasteiger partial charge in [-0.05, 0) is 18.2 Å². The van der Waals surface area contributed by atoms with Gasteiger partial charge in [0.05, 0.1) is 5.56 Å². The Morgan fingerprint density at radius 1 is 1.29 bits per heavy atom. The molecule has 1 aromatic heterocycles. The average molecular weight is 227 g/mol. The van der Waals surface area contributed by atoms with E-state index in [1.54, 1.807) is 24.3 Å². The first-order valence-electron chi connectivity index (χ1n) is 4.82. The molecule has 0 aliphatic carbocycles. The number of aromatic nitrogens is 1. The summed E-state index contributed by atoms with van der Waals surface area (Å²) in [6.07, 6.45) is 1.40. The molecule has 17 heavy (non-hydrogen) atoms. The minimum absolute atomic E-state index is 0.0452. The van der Waals surface area contributed by atoms with E-state index in [1.807, 2.05) is 6.07 Å². The third-order valence-electron chi connectivity index (χ3n) is 2.12. The second kappa shape index (κ2) is 4.41. The molecule has 0 spiro atoms. The van der Waals surface area contributed by atoms with Gasteiger partial charge in [0.1, 0.15) is 17.5 Å². The molecule has 0 saturated carbocycles. The molecule has 0 amide bonds. The summed E-state index contributed by atoms with van der Waals surface area (Å²) in [5, 5.41) is 18.0. The van der Waals surface area contributed by atoms with Crippen LogP contribution in [0.15, 0.2) is 36.5 Å². The SMILES string of the molecule is N#Cc1ccc(Oc2cccc(O)c2N)nc1. The zero-order valence-electron chi connectivity index (χ0n) is 8.79. The maximum absolute atomic E-state index is 9.39. The van der Waals surface area contributed by atoms with Gasteiger partial charge in [0.25, 0.3) is 0 Å². The van der Waals surface area contributed by atoms with Crippen molar-refractivity contribution in [3.05, 3.63) is 42.1 Å². The Morgan fingerprint density at radius 2 is 2.12 bits per heavy atom. The number of hydrogen-bond acceptors (Lipinski definition) is 5. The molecule has 0 radical (unpaired) electrons. The van der Waals surface area contributed by atoms with Gasteiger partial charge in [-0.2, -0.15) is 5.26 Å². The lowest BCUT2D eigenvalue weighted by molar-refractivity contribution is 0.450. The number of hydrogen-bond donors (Lipinski definition) is 2. The number of nitrogens with two attached hydrogens (primary N) is 1. The first kappa shape index (κ1) is 10.8. The van der Waals surface area contributed by atoms with Crippen LogP contribution in [0.1, 0.15) is 5.56 Å². The van der Waals surface area contributed by atoms with E-state index >= 15 is 0 Å². The number of benzene rings is 1. The van der Waals surface area contributed by atoms with Crippen molar-refractivity contribution in [1.82, 2.24) is 4.98 Å². The van der Waals surface area contributed by atoms with Crippen LogP contribution in [-0.2, 0) is 0 Å². The van der Waals surface area contributed by atoms with Crippen molar-refractivity contribution < 1.29 is 9.84 Å². The van der Waals surface area contributed by atoms with Crippen LogP contribution in [0.3, 0.4) is 0 Å². The lowest BCUT2D eigenvalue weighted by Crippen LogP contribution is -1.93. The Bertz CT molecular complexity index is 573. The van der Waals surface area contributed by atoms with Crippen LogP contribution in [0.2, 0.25) is 0 Å². The number of anilines is 1. The fourth-order valence-electron chi connectivity index (χ4n) is 1.24. The number of aromatic hydroxyl groups is 1. The van der Waals surface area contributed by atoms with Crippen molar-refractivity contribution in [2.75, 3.05) is 5.73 Å². The van der Waals surface area contributed by atoms with Crippen LogP contribution in [0.4, 0.5) is 5.69 Å². The Balaban J connectivity index is 2.26. The van der Waals surface area contributed by atoms with Crippen molar-refractivity contribution in [3.63, 3.8) is 0 Å². The topological polar surface area (TPSA) is 92.2 Å². The van der Waals surface area contributed by atoms with Crippen molar-refractivity contribution >= 4 is 5.69 Å². The van der Waals surface area contributed by atoms with Gasteiger partial charge in [0.15, 0.2) is 5.75 Å². The summed E-state index contributed by atoms with van der Waals surface area (Å²) in [4.78, 5) is 3.93. The van der Waals surface area contributed by atoms with E-state index in [-0.39, 0.29) is 11.4 Å². The summed E-state index contributed by atoms with van der Waals surface area (Å²) in [6, 6.07) is 9.80. The summed E-state index contributed by atoms with van der Waals surface area (Å²) in [6.45, 7) is 0. The second-order valence-electron chi connectivity index (χ2n) is 3.29. The van der Waals surface area contributed by atoms with Gasteiger partial charge in [0.2, 0.25) is 5.88 Å². The van der Waals surface area contributed by atoms with Crippen LogP contribution in [0.5, 0.6) is 17.4 Å². The molecule has 5 nitrogen and oxygen atoms in total. The quantitative estimate of drug-likeness (QED) is 0.605. The van der Waals surface area contributed by atoms with Gasteiger partial charge in [-0.15, -0.1) is 0 Å². The third-order valence-corrected chi connectivity index (χ3v) is 2.12. The minimum Gasteiger partial charge on any atom is -0.506 e.